The van der Waals surface area contributed by atoms with Gasteiger partial charge in [0.1, 0.15) is 18.5 Å². The van der Waals surface area contributed by atoms with Gasteiger partial charge in [-0.2, -0.15) is 5.26 Å². The van der Waals surface area contributed by atoms with Gasteiger partial charge in [0.15, 0.2) is 0 Å². The SMILES string of the molecule is CO[C@H]1CC[C@@H]2CCN(C)C(=O)[C@@H](C)[C@H](OC)CN(C)C(=O)c3cc(C#N)ccc3OC[C@H]1O2. The molecule has 2 aliphatic rings. The van der Waals surface area contributed by atoms with Crippen LogP contribution in [0.5, 0.6) is 5.75 Å². The van der Waals surface area contributed by atoms with Gasteiger partial charge in [-0.15, -0.1) is 0 Å². The van der Waals surface area contributed by atoms with E-state index in [0.29, 0.717) is 24.3 Å². The monoisotopic (exact) mass is 473 g/mol. The van der Waals surface area contributed by atoms with E-state index in [0.717, 1.165) is 12.8 Å². The van der Waals surface area contributed by atoms with Gasteiger partial charge in [-0.05, 0) is 37.5 Å². The number of rotatable bonds is 2. The molecule has 34 heavy (non-hydrogen) atoms. The largest absolute Gasteiger partial charge is 0.490 e. The van der Waals surface area contributed by atoms with Crippen LogP contribution in [-0.2, 0) is 19.0 Å². The van der Waals surface area contributed by atoms with Crippen molar-refractivity contribution in [1.82, 2.24) is 9.80 Å². The van der Waals surface area contributed by atoms with Crippen molar-refractivity contribution >= 4 is 11.8 Å². The molecule has 2 aliphatic heterocycles. The molecule has 9 nitrogen and oxygen atoms in total. The summed E-state index contributed by atoms with van der Waals surface area (Å²) in [5.74, 6) is -0.434. The third kappa shape index (κ3) is 5.87. The summed E-state index contributed by atoms with van der Waals surface area (Å²) in [5, 5.41) is 9.36. The molecule has 2 heterocycles. The first kappa shape index (κ1) is 25.9. The first-order valence-electron chi connectivity index (χ1n) is 11.7. The van der Waals surface area contributed by atoms with Gasteiger partial charge >= 0.3 is 0 Å². The summed E-state index contributed by atoms with van der Waals surface area (Å²) in [6.07, 6.45) is 1.40. The van der Waals surface area contributed by atoms with Crippen molar-refractivity contribution in [3.05, 3.63) is 29.3 Å². The Labute approximate surface area is 201 Å². The molecule has 1 saturated heterocycles. The third-order valence-electron chi connectivity index (χ3n) is 6.81. The van der Waals surface area contributed by atoms with Crippen LogP contribution < -0.4 is 4.74 Å². The van der Waals surface area contributed by atoms with Gasteiger partial charge in [0.05, 0.1) is 41.4 Å². The fraction of sp³-hybridized carbons (Fsp3) is 0.640. The Kier molecular flexibility index (Phi) is 8.89. The van der Waals surface area contributed by atoms with E-state index in [4.69, 9.17) is 18.9 Å². The average Bonchev–Trinajstić information content (AvgIpc) is 2.86. The Bertz CT molecular complexity index is 916. The van der Waals surface area contributed by atoms with Crippen molar-refractivity contribution < 1.29 is 28.5 Å². The van der Waals surface area contributed by atoms with E-state index in [-0.39, 0.29) is 48.8 Å². The zero-order valence-electron chi connectivity index (χ0n) is 20.7. The van der Waals surface area contributed by atoms with E-state index in [1.807, 2.05) is 6.92 Å². The van der Waals surface area contributed by atoms with Crippen LogP contribution in [-0.4, -0.2) is 94.0 Å². The van der Waals surface area contributed by atoms with Crippen LogP contribution in [0, 0.1) is 17.2 Å². The minimum absolute atomic E-state index is 0.0233. The van der Waals surface area contributed by atoms with Gasteiger partial charge in [-0.1, -0.05) is 6.92 Å². The standard InChI is InChI=1S/C25H35N3O6/c1-16-22(32-5)14-28(3)25(30)19-12-17(13-26)6-8-20(19)33-15-23-21(31-4)9-7-18(34-23)10-11-27(2)24(16)29/h6,8,12,16,18,21-23H,7,9-11,14-15H2,1-5H3/t16-,18+,21-,22+,23+/m0/s1. The number of likely N-dealkylation sites (N-methyl/N-ethyl adjacent to an activating group) is 1. The summed E-state index contributed by atoms with van der Waals surface area (Å²) in [4.78, 5) is 29.7. The lowest BCUT2D eigenvalue weighted by Crippen LogP contribution is -2.47. The Hall–Kier alpha value is -2.67. The van der Waals surface area contributed by atoms with Crippen LogP contribution in [0.2, 0.25) is 0 Å². The molecular formula is C25H35N3O6. The fourth-order valence-electron chi connectivity index (χ4n) is 4.58. The molecule has 5 atom stereocenters. The van der Waals surface area contributed by atoms with Crippen LogP contribution in [0.15, 0.2) is 18.2 Å². The summed E-state index contributed by atoms with van der Waals surface area (Å²) in [6, 6.07) is 6.86. The predicted octanol–water partition coefficient (Wildman–Crippen LogP) is 2.08. The number of nitrogens with zero attached hydrogens (tertiary/aromatic N) is 3. The number of hydrogen-bond acceptors (Lipinski definition) is 7. The van der Waals surface area contributed by atoms with E-state index in [1.165, 1.54) is 18.1 Å². The summed E-state index contributed by atoms with van der Waals surface area (Å²) in [6.45, 7) is 2.80. The first-order chi connectivity index (χ1) is 16.3. The molecule has 186 valence electrons. The molecule has 0 N–H and O–H groups in total. The highest BCUT2D eigenvalue weighted by molar-refractivity contribution is 5.97. The number of nitriles is 1. The zero-order valence-corrected chi connectivity index (χ0v) is 20.7. The van der Waals surface area contributed by atoms with Crippen molar-refractivity contribution in [3.63, 3.8) is 0 Å². The molecule has 0 aliphatic carbocycles. The summed E-state index contributed by atoms with van der Waals surface area (Å²) < 4.78 is 23.6. The second-order valence-corrected chi connectivity index (χ2v) is 9.08. The summed E-state index contributed by atoms with van der Waals surface area (Å²) >= 11 is 0. The second kappa shape index (κ2) is 11.6. The lowest BCUT2D eigenvalue weighted by molar-refractivity contribution is -0.147. The van der Waals surface area contributed by atoms with Crippen molar-refractivity contribution in [3.8, 4) is 11.8 Å². The molecule has 1 aromatic rings. The van der Waals surface area contributed by atoms with Crippen molar-refractivity contribution in [1.29, 1.82) is 5.26 Å². The number of fused-ring (bicyclic) bond motifs is 3. The van der Waals surface area contributed by atoms with Gasteiger partial charge in [-0.3, -0.25) is 9.59 Å². The van der Waals surface area contributed by atoms with Crippen LogP contribution >= 0.6 is 0 Å². The maximum absolute atomic E-state index is 13.4. The van der Waals surface area contributed by atoms with Crippen molar-refractivity contribution in [2.24, 2.45) is 5.92 Å². The van der Waals surface area contributed by atoms with Crippen LogP contribution in [0.1, 0.15) is 42.1 Å². The number of carbonyl (C=O) groups is 2. The molecule has 0 aromatic heterocycles. The van der Waals surface area contributed by atoms with Gasteiger partial charge in [0.25, 0.3) is 5.91 Å². The maximum Gasteiger partial charge on any atom is 0.257 e. The fourth-order valence-corrected chi connectivity index (χ4v) is 4.58. The molecular weight excluding hydrogens is 438 g/mol. The Morgan fingerprint density at radius 3 is 2.47 bits per heavy atom. The third-order valence-corrected chi connectivity index (χ3v) is 6.81. The summed E-state index contributed by atoms with van der Waals surface area (Å²) in [5.41, 5.74) is 0.636. The van der Waals surface area contributed by atoms with E-state index in [1.54, 1.807) is 38.2 Å². The predicted molar refractivity (Wildman–Crippen MR) is 125 cm³/mol. The lowest BCUT2D eigenvalue weighted by atomic mass is 9.98. The zero-order chi connectivity index (χ0) is 24.8. The number of hydrogen-bond donors (Lipinski definition) is 0. The van der Waals surface area contributed by atoms with Gasteiger partial charge < -0.3 is 28.7 Å². The smallest absolute Gasteiger partial charge is 0.257 e. The quantitative estimate of drug-likeness (QED) is 0.648. The van der Waals surface area contributed by atoms with E-state index in [9.17, 15) is 14.9 Å². The Morgan fingerprint density at radius 1 is 1.06 bits per heavy atom. The number of amides is 2. The first-order valence-corrected chi connectivity index (χ1v) is 11.7. The molecule has 0 unspecified atom stereocenters. The van der Waals surface area contributed by atoms with Gasteiger partial charge in [0.2, 0.25) is 5.91 Å². The summed E-state index contributed by atoms with van der Waals surface area (Å²) in [7, 11) is 6.62. The molecule has 0 radical (unpaired) electrons. The molecule has 0 spiro atoms. The van der Waals surface area contributed by atoms with Crippen molar-refractivity contribution in [2.75, 3.05) is 48.0 Å². The van der Waals surface area contributed by atoms with E-state index in [2.05, 4.69) is 6.07 Å². The Balaban J connectivity index is 1.96. The molecule has 1 fully saturated rings. The number of benzene rings is 1. The maximum atomic E-state index is 13.4. The van der Waals surface area contributed by atoms with Gasteiger partial charge in [0, 0.05) is 41.4 Å². The van der Waals surface area contributed by atoms with Crippen molar-refractivity contribution in [2.45, 2.75) is 50.6 Å². The van der Waals surface area contributed by atoms with Crippen LogP contribution in [0.4, 0.5) is 0 Å². The van der Waals surface area contributed by atoms with Gasteiger partial charge in [-0.25, -0.2) is 0 Å². The number of methoxy groups -OCH3 is 2. The highest BCUT2D eigenvalue weighted by Crippen LogP contribution is 2.28. The minimum Gasteiger partial charge on any atom is -0.490 e. The van der Waals surface area contributed by atoms with E-state index >= 15 is 0 Å². The molecule has 3 rings (SSSR count). The topological polar surface area (TPSA) is 101 Å². The molecule has 9 heteroatoms. The number of ether oxygens (including phenoxy) is 4. The van der Waals surface area contributed by atoms with Crippen LogP contribution in [0.25, 0.3) is 0 Å². The Morgan fingerprint density at radius 2 is 1.79 bits per heavy atom. The molecule has 0 saturated carbocycles. The molecule has 2 amide bonds. The van der Waals surface area contributed by atoms with E-state index < -0.39 is 12.0 Å². The minimum atomic E-state index is -0.488. The molecule has 1 aromatic carbocycles. The molecule has 2 bridgehead atoms. The number of carbonyl (C=O) groups excluding carboxylic acids is 2. The average molecular weight is 474 g/mol. The highest BCUT2D eigenvalue weighted by Gasteiger charge is 2.34. The normalized spacial score (nSPS) is 29.2. The van der Waals surface area contributed by atoms with Crippen LogP contribution in [0.3, 0.4) is 0 Å². The second-order valence-electron chi connectivity index (χ2n) is 9.08. The highest BCUT2D eigenvalue weighted by atomic mass is 16.6. The lowest BCUT2D eigenvalue weighted by Gasteiger charge is -2.37.